The molecule has 0 atom stereocenters. The van der Waals surface area contributed by atoms with Crippen LogP contribution in [-0.2, 0) is 11.3 Å². The number of hydrogen-bond acceptors (Lipinski definition) is 8. The first-order valence-electron chi connectivity index (χ1n) is 10.8. The Morgan fingerprint density at radius 3 is 2.76 bits per heavy atom. The minimum absolute atomic E-state index is 0.0150. The summed E-state index contributed by atoms with van der Waals surface area (Å²) in [6.45, 7) is 3.56. The maximum Gasteiger partial charge on any atom is 0.263 e. The summed E-state index contributed by atoms with van der Waals surface area (Å²) in [4.78, 5) is 23.0. The van der Waals surface area contributed by atoms with Crippen LogP contribution in [0.2, 0.25) is 0 Å². The van der Waals surface area contributed by atoms with Gasteiger partial charge in [0.1, 0.15) is 4.83 Å². The van der Waals surface area contributed by atoms with Crippen molar-refractivity contribution in [2.24, 2.45) is 0 Å². The normalized spacial score (nSPS) is 17.3. The van der Waals surface area contributed by atoms with Gasteiger partial charge in [0.05, 0.1) is 30.8 Å². The molecule has 1 saturated heterocycles. The van der Waals surface area contributed by atoms with Crippen LogP contribution >= 0.6 is 22.7 Å². The highest BCUT2D eigenvalue weighted by Gasteiger charge is 2.32. The van der Waals surface area contributed by atoms with Gasteiger partial charge in [-0.1, -0.05) is 12.1 Å². The van der Waals surface area contributed by atoms with Crippen molar-refractivity contribution in [1.29, 1.82) is 0 Å². The van der Waals surface area contributed by atoms with Gasteiger partial charge in [-0.15, -0.1) is 22.7 Å². The van der Waals surface area contributed by atoms with Gasteiger partial charge in [-0.3, -0.25) is 9.36 Å². The lowest BCUT2D eigenvalue weighted by molar-refractivity contribution is 0.0639. The van der Waals surface area contributed by atoms with Crippen LogP contribution < -0.4 is 15.0 Å². The van der Waals surface area contributed by atoms with Crippen molar-refractivity contribution in [3.8, 4) is 21.9 Å². The molecular weight excluding hydrogens is 458 g/mol. The van der Waals surface area contributed by atoms with Crippen LogP contribution in [0.25, 0.3) is 31.9 Å². The SMILES string of the molecule is O=c1c2c(-c3cccs3)csc2nc2n1CC(c1ccc3c(c1)OCO3)=C2N1CCOCC1. The van der Waals surface area contributed by atoms with E-state index in [1.54, 1.807) is 11.3 Å². The quantitative estimate of drug-likeness (QED) is 0.442. The van der Waals surface area contributed by atoms with Crippen molar-refractivity contribution in [1.82, 2.24) is 14.5 Å². The molecule has 0 bridgehead atoms. The second-order valence-electron chi connectivity index (χ2n) is 8.13. The molecule has 0 saturated carbocycles. The third-order valence-corrected chi connectivity index (χ3v) is 8.12. The number of rotatable bonds is 3. The van der Waals surface area contributed by atoms with Crippen molar-refractivity contribution in [2.45, 2.75) is 6.54 Å². The Morgan fingerprint density at radius 1 is 1.03 bits per heavy atom. The van der Waals surface area contributed by atoms with Gasteiger partial charge in [0.25, 0.3) is 5.56 Å². The fraction of sp³-hybridized carbons (Fsp3) is 0.250. The Kier molecular flexibility index (Phi) is 4.36. The Balaban J connectivity index is 1.43. The molecule has 3 aromatic heterocycles. The van der Waals surface area contributed by atoms with E-state index in [2.05, 4.69) is 16.3 Å². The van der Waals surface area contributed by atoms with E-state index in [1.165, 1.54) is 11.3 Å². The summed E-state index contributed by atoms with van der Waals surface area (Å²) in [5, 5.41) is 4.80. The van der Waals surface area contributed by atoms with Crippen LogP contribution in [0.3, 0.4) is 0 Å². The molecule has 0 spiro atoms. The molecule has 4 aromatic rings. The Hall–Kier alpha value is -3.14. The second kappa shape index (κ2) is 7.44. The Bertz CT molecular complexity index is 1480. The van der Waals surface area contributed by atoms with Crippen LogP contribution in [-0.4, -0.2) is 47.5 Å². The third kappa shape index (κ3) is 2.96. The van der Waals surface area contributed by atoms with Crippen LogP contribution in [0, 0.1) is 0 Å². The van der Waals surface area contributed by atoms with Gasteiger partial charge < -0.3 is 19.1 Å². The standard InChI is InChI=1S/C24H19N3O4S2/c28-24-20-16(19-2-1-9-32-19)12-33-23(20)25-22-21(26-5-7-29-8-6-26)15(11-27(22)24)14-3-4-17-18(10-14)31-13-30-17/h1-4,9-10,12H,5-8,11,13H2. The summed E-state index contributed by atoms with van der Waals surface area (Å²) in [7, 11) is 0. The fourth-order valence-corrected chi connectivity index (χ4v) is 6.52. The van der Waals surface area contributed by atoms with E-state index in [4.69, 9.17) is 19.2 Å². The van der Waals surface area contributed by atoms with Crippen molar-refractivity contribution >= 4 is 44.2 Å². The molecule has 1 aromatic carbocycles. The zero-order chi connectivity index (χ0) is 21.9. The third-order valence-electron chi connectivity index (χ3n) is 6.34. The van der Waals surface area contributed by atoms with Gasteiger partial charge in [0.15, 0.2) is 17.3 Å². The molecule has 0 unspecified atom stereocenters. The van der Waals surface area contributed by atoms with Gasteiger partial charge in [0.2, 0.25) is 6.79 Å². The lowest BCUT2D eigenvalue weighted by Crippen LogP contribution is -2.35. The number of hydrogen-bond donors (Lipinski definition) is 0. The number of aromatic nitrogens is 2. The molecule has 3 aliphatic heterocycles. The van der Waals surface area contributed by atoms with Crippen molar-refractivity contribution < 1.29 is 14.2 Å². The highest BCUT2D eigenvalue weighted by atomic mass is 32.1. The molecular formula is C24H19N3O4S2. The predicted octanol–water partition coefficient (Wildman–Crippen LogP) is 4.13. The van der Waals surface area contributed by atoms with Gasteiger partial charge in [0, 0.05) is 34.5 Å². The monoisotopic (exact) mass is 477 g/mol. The first-order chi connectivity index (χ1) is 16.3. The highest BCUT2D eigenvalue weighted by molar-refractivity contribution is 7.18. The minimum Gasteiger partial charge on any atom is -0.454 e. The van der Waals surface area contributed by atoms with Crippen LogP contribution in [0.15, 0.2) is 45.9 Å². The molecule has 1 fully saturated rings. The molecule has 7 nitrogen and oxygen atoms in total. The van der Waals surface area contributed by atoms with E-state index >= 15 is 0 Å². The van der Waals surface area contributed by atoms with Crippen LogP contribution in [0.1, 0.15) is 11.4 Å². The molecule has 7 rings (SSSR count). The molecule has 33 heavy (non-hydrogen) atoms. The zero-order valence-corrected chi connectivity index (χ0v) is 19.2. The molecule has 0 amide bonds. The summed E-state index contributed by atoms with van der Waals surface area (Å²) in [5.74, 6) is 2.22. The number of nitrogens with zero attached hydrogens (tertiary/aromatic N) is 3. The van der Waals surface area contributed by atoms with Gasteiger partial charge in [-0.25, -0.2) is 4.98 Å². The number of morpholine rings is 1. The first-order valence-corrected chi connectivity index (χ1v) is 12.6. The zero-order valence-electron chi connectivity index (χ0n) is 17.6. The number of benzene rings is 1. The highest BCUT2D eigenvalue weighted by Crippen LogP contribution is 2.41. The summed E-state index contributed by atoms with van der Waals surface area (Å²) in [5.41, 5.74) is 4.10. The molecule has 0 N–H and O–H groups in total. The maximum atomic E-state index is 13.8. The number of allylic oxidation sites excluding steroid dienone is 1. The molecule has 9 heteroatoms. The topological polar surface area (TPSA) is 65.8 Å². The van der Waals surface area contributed by atoms with Gasteiger partial charge >= 0.3 is 0 Å². The number of fused-ring (bicyclic) bond motifs is 3. The number of thiophene rings is 2. The van der Waals surface area contributed by atoms with E-state index in [1.807, 2.05) is 34.2 Å². The van der Waals surface area contributed by atoms with E-state index in [0.29, 0.717) is 25.1 Å². The van der Waals surface area contributed by atoms with E-state index in [-0.39, 0.29) is 12.4 Å². The Morgan fingerprint density at radius 2 is 1.91 bits per heavy atom. The lowest BCUT2D eigenvalue weighted by atomic mass is 10.0. The van der Waals surface area contributed by atoms with Crippen LogP contribution in [0.5, 0.6) is 11.5 Å². The summed E-state index contributed by atoms with van der Waals surface area (Å²) in [6.07, 6.45) is 0. The molecule has 0 aliphatic carbocycles. The second-order valence-corrected chi connectivity index (χ2v) is 9.93. The van der Waals surface area contributed by atoms with E-state index in [0.717, 1.165) is 62.5 Å². The van der Waals surface area contributed by atoms with Gasteiger partial charge in [-0.05, 0) is 29.1 Å². The average Bonchev–Trinajstić information content (AvgIpc) is 3.64. The minimum atomic E-state index is 0.0150. The molecule has 0 radical (unpaired) electrons. The van der Waals surface area contributed by atoms with Crippen LogP contribution in [0.4, 0.5) is 0 Å². The molecule has 166 valence electrons. The number of ether oxygens (including phenoxy) is 3. The lowest BCUT2D eigenvalue weighted by Gasteiger charge is -2.30. The summed E-state index contributed by atoms with van der Waals surface area (Å²) >= 11 is 3.18. The average molecular weight is 478 g/mol. The van der Waals surface area contributed by atoms with E-state index < -0.39 is 0 Å². The smallest absolute Gasteiger partial charge is 0.263 e. The largest absolute Gasteiger partial charge is 0.454 e. The fourth-order valence-electron chi connectivity index (χ4n) is 4.76. The Labute approximate surface area is 197 Å². The first kappa shape index (κ1) is 19.3. The van der Waals surface area contributed by atoms with Crippen molar-refractivity contribution in [3.05, 3.63) is 62.8 Å². The van der Waals surface area contributed by atoms with Gasteiger partial charge in [-0.2, -0.15) is 0 Å². The predicted molar refractivity (Wildman–Crippen MR) is 129 cm³/mol. The van der Waals surface area contributed by atoms with Crippen molar-refractivity contribution in [3.63, 3.8) is 0 Å². The molecule has 6 heterocycles. The summed E-state index contributed by atoms with van der Waals surface area (Å²) in [6, 6.07) is 10.1. The maximum absolute atomic E-state index is 13.8. The van der Waals surface area contributed by atoms with E-state index in [9.17, 15) is 4.79 Å². The van der Waals surface area contributed by atoms with Crippen molar-refractivity contribution in [2.75, 3.05) is 33.1 Å². The summed E-state index contributed by atoms with van der Waals surface area (Å²) < 4.78 is 18.6. The molecule has 3 aliphatic rings.